The van der Waals surface area contributed by atoms with Crippen LogP contribution >= 0.6 is 11.6 Å². The van der Waals surface area contributed by atoms with Crippen LogP contribution in [0.25, 0.3) is 0 Å². The minimum atomic E-state index is -0.426. The Labute approximate surface area is 112 Å². The van der Waals surface area contributed by atoms with Crippen molar-refractivity contribution in [2.24, 2.45) is 4.99 Å². The zero-order valence-corrected chi connectivity index (χ0v) is 11.4. The fourth-order valence-electron chi connectivity index (χ4n) is 2.47. The molecule has 18 heavy (non-hydrogen) atoms. The van der Waals surface area contributed by atoms with Gasteiger partial charge in [0.25, 0.3) is 0 Å². The molecule has 0 heterocycles. The second-order valence-corrected chi connectivity index (χ2v) is 4.99. The molecule has 0 saturated heterocycles. The average molecular weight is 266 g/mol. The molecule has 0 aromatic heterocycles. The van der Waals surface area contributed by atoms with Gasteiger partial charge in [-0.2, -0.15) is 4.99 Å². The van der Waals surface area contributed by atoms with Gasteiger partial charge in [0.15, 0.2) is 0 Å². The van der Waals surface area contributed by atoms with Crippen LogP contribution in [0.15, 0.2) is 17.1 Å². The highest BCUT2D eigenvalue weighted by molar-refractivity contribution is 6.31. The first-order valence-corrected chi connectivity index (χ1v) is 6.50. The van der Waals surface area contributed by atoms with Gasteiger partial charge >= 0.3 is 0 Å². The highest BCUT2D eigenvalue weighted by atomic mass is 35.5. The van der Waals surface area contributed by atoms with Crippen LogP contribution in [0.1, 0.15) is 37.3 Å². The van der Waals surface area contributed by atoms with Crippen molar-refractivity contribution >= 4 is 17.7 Å². The Morgan fingerprint density at radius 2 is 2.22 bits per heavy atom. The maximum absolute atomic E-state index is 10.6. The molecule has 4 heteroatoms. The summed E-state index contributed by atoms with van der Waals surface area (Å²) in [7, 11) is 1.63. The Bertz CT molecular complexity index is 503. The summed E-state index contributed by atoms with van der Waals surface area (Å²) >= 11 is 6.28. The highest BCUT2D eigenvalue weighted by Crippen LogP contribution is 2.47. The number of halogens is 1. The van der Waals surface area contributed by atoms with E-state index in [0.29, 0.717) is 5.02 Å². The lowest BCUT2D eigenvalue weighted by molar-refractivity contribution is 0.255. The molecule has 3 nitrogen and oxygen atoms in total. The summed E-state index contributed by atoms with van der Waals surface area (Å²) in [5, 5.41) is 0.680. The van der Waals surface area contributed by atoms with Crippen LogP contribution < -0.4 is 4.74 Å². The van der Waals surface area contributed by atoms with Crippen molar-refractivity contribution in [2.45, 2.75) is 38.1 Å². The number of benzene rings is 1. The summed E-state index contributed by atoms with van der Waals surface area (Å²) in [5.41, 5.74) is 1.52. The molecular weight excluding hydrogens is 250 g/mol. The molecule has 1 aromatic carbocycles. The summed E-state index contributed by atoms with van der Waals surface area (Å²) in [6, 6.07) is 3.85. The molecule has 1 aliphatic rings. The predicted molar refractivity (Wildman–Crippen MR) is 71.0 cm³/mol. The molecule has 0 radical (unpaired) electrons. The van der Waals surface area contributed by atoms with E-state index in [2.05, 4.69) is 4.99 Å². The zero-order chi connectivity index (χ0) is 13.2. The number of ether oxygens (including phenoxy) is 1. The van der Waals surface area contributed by atoms with Crippen LogP contribution in [-0.4, -0.2) is 13.2 Å². The molecule has 0 amide bonds. The minimum absolute atomic E-state index is 0.426. The summed E-state index contributed by atoms with van der Waals surface area (Å²) in [4.78, 5) is 14.6. The third-order valence-corrected chi connectivity index (χ3v) is 4.04. The molecule has 96 valence electrons. The lowest BCUT2D eigenvalue weighted by atomic mass is 9.72. The van der Waals surface area contributed by atoms with Crippen molar-refractivity contribution in [1.29, 1.82) is 0 Å². The van der Waals surface area contributed by atoms with Crippen LogP contribution in [0.5, 0.6) is 5.75 Å². The standard InChI is InChI=1S/C14H16ClNO2/c1-3-11-12(15)7-10(8-13(11)18-2)14(16-9-17)5-4-6-14/h7-8H,3-6H2,1-2H3. The van der Waals surface area contributed by atoms with Crippen LogP contribution in [0, 0.1) is 0 Å². The predicted octanol–water partition coefficient (Wildman–Crippen LogP) is 3.63. The van der Waals surface area contributed by atoms with Crippen LogP contribution in [0.2, 0.25) is 5.02 Å². The van der Waals surface area contributed by atoms with Crippen LogP contribution in [0.4, 0.5) is 0 Å². The van der Waals surface area contributed by atoms with Crippen LogP contribution in [-0.2, 0) is 16.8 Å². The van der Waals surface area contributed by atoms with Gasteiger partial charge in [0, 0.05) is 10.6 Å². The van der Waals surface area contributed by atoms with Crippen molar-refractivity contribution in [3.63, 3.8) is 0 Å². The topological polar surface area (TPSA) is 38.7 Å². The Hall–Kier alpha value is -1.31. The average Bonchev–Trinajstić information content (AvgIpc) is 2.32. The van der Waals surface area contributed by atoms with Gasteiger partial charge in [0.1, 0.15) is 5.75 Å². The van der Waals surface area contributed by atoms with Gasteiger partial charge in [-0.25, -0.2) is 4.79 Å². The lowest BCUT2D eigenvalue weighted by Gasteiger charge is -2.37. The molecule has 0 unspecified atom stereocenters. The van der Waals surface area contributed by atoms with Crippen LogP contribution in [0.3, 0.4) is 0 Å². The minimum Gasteiger partial charge on any atom is -0.496 e. The quantitative estimate of drug-likeness (QED) is 0.616. The molecule has 1 aliphatic carbocycles. The smallest absolute Gasteiger partial charge is 0.235 e. The van der Waals surface area contributed by atoms with E-state index in [-0.39, 0.29) is 0 Å². The van der Waals surface area contributed by atoms with Crippen molar-refractivity contribution in [3.05, 3.63) is 28.3 Å². The van der Waals surface area contributed by atoms with Gasteiger partial charge < -0.3 is 4.74 Å². The van der Waals surface area contributed by atoms with E-state index in [1.807, 2.05) is 19.1 Å². The summed E-state index contributed by atoms with van der Waals surface area (Å²) in [5.74, 6) is 0.771. The number of aliphatic imine (C=N–C) groups is 1. The first-order valence-electron chi connectivity index (χ1n) is 6.13. The molecule has 1 saturated carbocycles. The fourth-order valence-corrected chi connectivity index (χ4v) is 2.81. The summed E-state index contributed by atoms with van der Waals surface area (Å²) in [6.07, 6.45) is 5.30. The van der Waals surface area contributed by atoms with Gasteiger partial charge in [-0.3, -0.25) is 0 Å². The number of hydrogen-bond donors (Lipinski definition) is 0. The molecule has 0 aliphatic heterocycles. The molecule has 0 N–H and O–H groups in total. The van der Waals surface area contributed by atoms with Gasteiger partial charge in [-0.1, -0.05) is 18.5 Å². The molecule has 0 atom stereocenters. The Morgan fingerprint density at radius 3 is 2.67 bits per heavy atom. The third-order valence-electron chi connectivity index (χ3n) is 3.71. The first-order chi connectivity index (χ1) is 8.66. The monoisotopic (exact) mass is 265 g/mol. The second kappa shape index (κ2) is 5.13. The number of isocyanates is 1. The van der Waals surface area contributed by atoms with E-state index < -0.39 is 5.54 Å². The van der Waals surface area contributed by atoms with E-state index in [1.165, 1.54) is 0 Å². The normalized spacial score (nSPS) is 16.6. The van der Waals surface area contributed by atoms with Gasteiger partial charge in [-0.05, 0) is 43.4 Å². The maximum Gasteiger partial charge on any atom is 0.235 e. The van der Waals surface area contributed by atoms with E-state index in [1.54, 1.807) is 13.2 Å². The number of hydrogen-bond acceptors (Lipinski definition) is 3. The lowest BCUT2D eigenvalue weighted by Crippen LogP contribution is -2.32. The van der Waals surface area contributed by atoms with E-state index in [9.17, 15) is 4.79 Å². The molecule has 2 rings (SSSR count). The van der Waals surface area contributed by atoms with Gasteiger partial charge in [0.2, 0.25) is 6.08 Å². The van der Waals surface area contributed by atoms with Crippen molar-refractivity contribution in [3.8, 4) is 5.75 Å². The first kappa shape index (κ1) is 13.1. The largest absolute Gasteiger partial charge is 0.496 e. The number of methoxy groups -OCH3 is 1. The molecule has 0 spiro atoms. The SMILES string of the molecule is CCc1c(Cl)cc(C2(N=C=O)CCC2)cc1OC. The molecule has 0 bridgehead atoms. The molecular formula is C14H16ClNO2. The van der Waals surface area contributed by atoms with Crippen molar-refractivity contribution < 1.29 is 9.53 Å². The number of rotatable bonds is 4. The fraction of sp³-hybridized carbons (Fsp3) is 0.500. The summed E-state index contributed by atoms with van der Waals surface area (Å²) < 4.78 is 5.37. The Kier molecular flexibility index (Phi) is 3.74. The van der Waals surface area contributed by atoms with Gasteiger partial charge in [-0.15, -0.1) is 0 Å². The maximum atomic E-state index is 10.6. The Balaban J connectivity index is 2.52. The molecule has 1 fully saturated rings. The molecule has 1 aromatic rings. The van der Waals surface area contributed by atoms with Crippen molar-refractivity contribution in [2.75, 3.05) is 7.11 Å². The third kappa shape index (κ3) is 2.05. The van der Waals surface area contributed by atoms with E-state index >= 15 is 0 Å². The van der Waals surface area contributed by atoms with Gasteiger partial charge in [0.05, 0.1) is 12.6 Å². The summed E-state index contributed by atoms with van der Waals surface area (Å²) in [6.45, 7) is 2.03. The number of nitrogens with zero attached hydrogens (tertiary/aromatic N) is 1. The highest BCUT2D eigenvalue weighted by Gasteiger charge is 2.39. The van der Waals surface area contributed by atoms with Crippen molar-refractivity contribution in [1.82, 2.24) is 0 Å². The zero-order valence-electron chi connectivity index (χ0n) is 10.6. The Morgan fingerprint density at radius 1 is 1.50 bits per heavy atom. The van der Waals surface area contributed by atoms with E-state index in [4.69, 9.17) is 16.3 Å². The number of carbonyl (C=O) groups excluding carboxylic acids is 1. The van der Waals surface area contributed by atoms with E-state index in [0.717, 1.165) is 42.6 Å². The second-order valence-electron chi connectivity index (χ2n) is 4.58.